The van der Waals surface area contributed by atoms with Crippen molar-refractivity contribution in [2.45, 2.75) is 105 Å². The molecule has 5 rings (SSSR count). The summed E-state index contributed by atoms with van der Waals surface area (Å²) in [5, 5.41) is 32.5. The Morgan fingerprint density at radius 2 is 1.72 bits per heavy atom. The molecule has 10 atom stereocenters. The molecule has 0 aromatic carbocycles. The van der Waals surface area contributed by atoms with Gasteiger partial charge in [0.15, 0.2) is 0 Å². The zero-order chi connectivity index (χ0) is 23.5. The molecule has 10 unspecified atom stereocenters. The second kappa shape index (κ2) is 6.62. The summed E-state index contributed by atoms with van der Waals surface area (Å²) in [7, 11) is 0. The quantitative estimate of drug-likeness (QED) is 0.472. The van der Waals surface area contributed by atoms with E-state index in [1.165, 1.54) is 5.57 Å². The Kier molecular flexibility index (Phi) is 4.74. The van der Waals surface area contributed by atoms with E-state index in [1.807, 2.05) is 0 Å². The predicted octanol–water partition coefficient (Wildman–Crippen LogP) is 5.42. The highest BCUT2D eigenvalue weighted by molar-refractivity contribution is 5.75. The summed E-state index contributed by atoms with van der Waals surface area (Å²) < 4.78 is 0. The summed E-state index contributed by atoms with van der Waals surface area (Å²) in [6.45, 7) is 13.8. The maximum Gasteiger partial charge on any atom is 0.309 e. The van der Waals surface area contributed by atoms with Gasteiger partial charge in [0, 0.05) is 11.8 Å². The molecule has 32 heavy (non-hydrogen) atoms. The van der Waals surface area contributed by atoms with E-state index in [0.29, 0.717) is 24.2 Å². The van der Waals surface area contributed by atoms with Crippen LogP contribution in [0.3, 0.4) is 0 Å². The van der Waals surface area contributed by atoms with Crippen LogP contribution in [-0.2, 0) is 4.79 Å². The molecule has 1 spiro atoms. The maximum absolute atomic E-state index is 12.5. The number of rotatable bonds is 1. The number of fused-ring (bicyclic) bond motifs is 5. The lowest BCUT2D eigenvalue weighted by molar-refractivity contribution is -0.214. The van der Waals surface area contributed by atoms with Crippen LogP contribution in [0.2, 0.25) is 0 Å². The monoisotopic (exact) mass is 444 g/mol. The number of allylic oxidation sites excluding steroid dienone is 2. The first-order valence-corrected chi connectivity index (χ1v) is 13.1. The van der Waals surface area contributed by atoms with Gasteiger partial charge in [-0.2, -0.15) is 0 Å². The molecule has 5 aliphatic rings. The van der Waals surface area contributed by atoms with Gasteiger partial charge in [-0.25, -0.2) is 0 Å². The minimum atomic E-state index is -0.581. The smallest absolute Gasteiger partial charge is 0.309 e. The van der Waals surface area contributed by atoms with Gasteiger partial charge in [0.05, 0.1) is 17.6 Å². The molecule has 4 fully saturated rings. The van der Waals surface area contributed by atoms with Crippen LogP contribution in [0.25, 0.3) is 0 Å². The van der Waals surface area contributed by atoms with E-state index in [0.717, 1.165) is 44.9 Å². The average Bonchev–Trinajstić information content (AvgIpc) is 2.71. The first kappa shape index (κ1) is 22.9. The second-order valence-corrected chi connectivity index (χ2v) is 13.7. The van der Waals surface area contributed by atoms with Crippen LogP contribution < -0.4 is 0 Å². The SMILES string of the molecule is CC1CC2(C(=O)O)CCC3(C)C4=CCC5C(C)(C)C(O)CC(O)C5(C)C4CCC3(C2)C1C. The van der Waals surface area contributed by atoms with Gasteiger partial charge in [0.2, 0.25) is 0 Å². The molecule has 4 nitrogen and oxygen atoms in total. The molecular formula is C28H44O4. The number of aliphatic carboxylic acids is 1. The van der Waals surface area contributed by atoms with Crippen molar-refractivity contribution < 1.29 is 20.1 Å². The Balaban J connectivity index is 1.62. The number of aliphatic hydroxyl groups is 2. The molecule has 4 saturated carbocycles. The number of hydrogen-bond donors (Lipinski definition) is 3. The number of carboxylic acid groups (broad SMARTS) is 1. The Labute approximate surface area is 193 Å². The van der Waals surface area contributed by atoms with E-state index >= 15 is 0 Å². The summed E-state index contributed by atoms with van der Waals surface area (Å²) in [5.74, 6) is 0.910. The number of hydrogen-bond acceptors (Lipinski definition) is 3. The minimum Gasteiger partial charge on any atom is -0.481 e. The normalized spacial score (nSPS) is 56.3. The standard InChI is InChI=1S/C28H44O4/c1-16-14-27(23(31)32)12-11-25(5)18-7-8-20-24(3,4)21(29)13-22(30)26(20,6)19(18)9-10-28(25,15-27)17(16)2/h7,16-17,19-22,29-30H,8-15H2,1-6H3,(H,31,32). The lowest BCUT2D eigenvalue weighted by Crippen LogP contribution is -2.67. The zero-order valence-electron chi connectivity index (χ0n) is 20.9. The van der Waals surface area contributed by atoms with Crippen LogP contribution in [-0.4, -0.2) is 33.5 Å². The third-order valence-electron chi connectivity index (χ3n) is 12.6. The molecule has 0 amide bonds. The number of carbonyl (C=O) groups is 1. The fourth-order valence-corrected chi connectivity index (χ4v) is 10.4. The van der Waals surface area contributed by atoms with E-state index in [9.17, 15) is 20.1 Å². The van der Waals surface area contributed by atoms with Crippen LogP contribution in [0.1, 0.15) is 92.9 Å². The molecule has 3 N–H and O–H groups in total. The van der Waals surface area contributed by atoms with Crippen LogP contribution >= 0.6 is 0 Å². The Bertz CT molecular complexity index is 861. The van der Waals surface area contributed by atoms with Crippen molar-refractivity contribution in [3.05, 3.63) is 11.6 Å². The van der Waals surface area contributed by atoms with Crippen LogP contribution in [0.4, 0.5) is 0 Å². The van der Waals surface area contributed by atoms with Crippen LogP contribution in [0, 0.1) is 50.7 Å². The van der Waals surface area contributed by atoms with Gasteiger partial charge in [0.25, 0.3) is 0 Å². The molecule has 4 heteroatoms. The van der Waals surface area contributed by atoms with Crippen molar-refractivity contribution in [3.63, 3.8) is 0 Å². The van der Waals surface area contributed by atoms with Gasteiger partial charge in [-0.05, 0) is 84.9 Å². The third kappa shape index (κ3) is 2.44. The predicted molar refractivity (Wildman–Crippen MR) is 125 cm³/mol. The lowest BCUT2D eigenvalue weighted by Gasteiger charge is -2.71. The van der Waals surface area contributed by atoms with E-state index in [4.69, 9.17) is 0 Å². The first-order valence-electron chi connectivity index (χ1n) is 13.1. The highest BCUT2D eigenvalue weighted by Gasteiger charge is 2.70. The molecule has 0 heterocycles. The fourth-order valence-electron chi connectivity index (χ4n) is 10.4. The van der Waals surface area contributed by atoms with Crippen molar-refractivity contribution in [3.8, 4) is 0 Å². The van der Waals surface area contributed by atoms with Crippen molar-refractivity contribution in [2.24, 2.45) is 50.7 Å². The van der Waals surface area contributed by atoms with Crippen molar-refractivity contribution in [2.75, 3.05) is 0 Å². The van der Waals surface area contributed by atoms with Crippen molar-refractivity contribution in [1.82, 2.24) is 0 Å². The van der Waals surface area contributed by atoms with Gasteiger partial charge < -0.3 is 15.3 Å². The molecule has 180 valence electrons. The van der Waals surface area contributed by atoms with Gasteiger partial charge in [-0.3, -0.25) is 4.79 Å². The van der Waals surface area contributed by atoms with Crippen LogP contribution in [0.15, 0.2) is 11.6 Å². The summed E-state index contributed by atoms with van der Waals surface area (Å²) in [4.78, 5) is 12.5. The topological polar surface area (TPSA) is 77.8 Å². The molecule has 0 radical (unpaired) electrons. The fraction of sp³-hybridized carbons (Fsp3) is 0.893. The summed E-state index contributed by atoms with van der Waals surface area (Å²) in [6, 6.07) is 0. The van der Waals surface area contributed by atoms with Gasteiger partial charge in [-0.15, -0.1) is 0 Å². The van der Waals surface area contributed by atoms with Gasteiger partial charge >= 0.3 is 5.97 Å². The third-order valence-corrected chi connectivity index (χ3v) is 12.6. The van der Waals surface area contributed by atoms with E-state index in [1.54, 1.807) is 0 Å². The van der Waals surface area contributed by atoms with Crippen molar-refractivity contribution >= 4 is 5.97 Å². The van der Waals surface area contributed by atoms with Gasteiger partial charge in [0.1, 0.15) is 0 Å². The average molecular weight is 445 g/mol. The lowest BCUT2D eigenvalue weighted by atomic mass is 9.33. The van der Waals surface area contributed by atoms with Crippen LogP contribution in [0.5, 0.6) is 0 Å². The largest absolute Gasteiger partial charge is 0.481 e. The second-order valence-electron chi connectivity index (χ2n) is 13.7. The van der Waals surface area contributed by atoms with E-state index in [2.05, 4.69) is 47.6 Å². The van der Waals surface area contributed by atoms with Crippen molar-refractivity contribution in [1.29, 1.82) is 0 Å². The zero-order valence-corrected chi connectivity index (χ0v) is 20.9. The molecule has 5 aliphatic carbocycles. The summed E-state index contributed by atoms with van der Waals surface area (Å²) in [6.07, 6.45) is 8.33. The Morgan fingerprint density at radius 1 is 1.03 bits per heavy atom. The van der Waals surface area contributed by atoms with Gasteiger partial charge in [-0.1, -0.05) is 53.2 Å². The molecule has 0 aromatic heterocycles. The minimum absolute atomic E-state index is 0.00311. The number of carboxylic acids is 1. The molecule has 0 aromatic rings. The first-order chi connectivity index (χ1) is 14.8. The maximum atomic E-state index is 12.5. The highest BCUT2D eigenvalue weighted by atomic mass is 16.4. The highest BCUT2D eigenvalue weighted by Crippen LogP contribution is 2.76. The Morgan fingerprint density at radius 3 is 2.38 bits per heavy atom. The molecular weight excluding hydrogens is 400 g/mol. The molecule has 0 aliphatic heterocycles. The molecule has 0 saturated heterocycles. The van der Waals surface area contributed by atoms with E-state index < -0.39 is 23.6 Å². The summed E-state index contributed by atoms with van der Waals surface area (Å²) >= 11 is 0. The Hall–Kier alpha value is -0.870. The molecule has 2 bridgehead atoms. The van der Waals surface area contributed by atoms with E-state index in [-0.39, 0.29) is 27.6 Å². The summed E-state index contributed by atoms with van der Waals surface area (Å²) in [5.41, 5.74) is 0.537. The number of aliphatic hydroxyl groups excluding tert-OH is 2.